The molecule has 0 aliphatic carbocycles. The van der Waals surface area contributed by atoms with Gasteiger partial charge in [0.1, 0.15) is 23.5 Å². The molecule has 2 aromatic heterocycles. The molecule has 3 aromatic rings. The summed E-state index contributed by atoms with van der Waals surface area (Å²) in [7, 11) is 1.48. The van der Waals surface area contributed by atoms with Crippen LogP contribution < -0.4 is 5.73 Å². The number of carbonyl (C=O) groups excluding carboxylic acids is 1. The molecule has 8 heteroatoms. The summed E-state index contributed by atoms with van der Waals surface area (Å²) in [6, 6.07) is 7.76. The van der Waals surface area contributed by atoms with E-state index < -0.39 is 17.7 Å². The van der Waals surface area contributed by atoms with Crippen LogP contribution in [0.2, 0.25) is 0 Å². The van der Waals surface area contributed by atoms with Gasteiger partial charge in [0, 0.05) is 19.1 Å². The van der Waals surface area contributed by atoms with Gasteiger partial charge in [-0.05, 0) is 33.8 Å². The lowest BCUT2D eigenvalue weighted by atomic mass is 10.1. The van der Waals surface area contributed by atoms with Gasteiger partial charge in [-0.3, -0.25) is 0 Å². The molecule has 3 rings (SSSR count). The average Bonchev–Trinajstić information content (AvgIpc) is 3.03. The average molecular weight is 400 g/mol. The van der Waals surface area contributed by atoms with Crippen LogP contribution in [0.4, 0.5) is 5.82 Å². The SMILES string of the molecule is CCOCc1nc2c(N)nc3ccccc3c2n1CC(C)(C)OC(=O)C(C)OC. The lowest BCUT2D eigenvalue weighted by Crippen LogP contribution is -2.37. The topological polar surface area (TPSA) is 101 Å². The van der Waals surface area contributed by atoms with Crippen molar-refractivity contribution >= 4 is 33.7 Å². The van der Waals surface area contributed by atoms with Crippen molar-refractivity contribution in [1.82, 2.24) is 14.5 Å². The van der Waals surface area contributed by atoms with Gasteiger partial charge in [-0.25, -0.2) is 14.8 Å². The fourth-order valence-corrected chi connectivity index (χ4v) is 3.24. The summed E-state index contributed by atoms with van der Waals surface area (Å²) >= 11 is 0. The zero-order chi connectivity index (χ0) is 21.2. The number of benzene rings is 1. The summed E-state index contributed by atoms with van der Waals surface area (Å²) in [4.78, 5) is 21.5. The summed E-state index contributed by atoms with van der Waals surface area (Å²) in [6.45, 7) is 8.55. The van der Waals surface area contributed by atoms with Gasteiger partial charge in [0.15, 0.2) is 11.9 Å². The number of nitrogens with zero attached hydrogens (tertiary/aromatic N) is 3. The molecule has 8 nitrogen and oxygen atoms in total. The quantitative estimate of drug-likeness (QED) is 0.580. The maximum atomic E-state index is 12.3. The van der Waals surface area contributed by atoms with E-state index in [9.17, 15) is 4.79 Å². The van der Waals surface area contributed by atoms with Gasteiger partial charge in [-0.1, -0.05) is 18.2 Å². The Kier molecular flexibility index (Phi) is 6.04. The Bertz CT molecular complexity index is 1030. The molecule has 1 atom stereocenters. The van der Waals surface area contributed by atoms with E-state index in [4.69, 9.17) is 24.9 Å². The number of nitrogens with two attached hydrogens (primary N) is 1. The predicted octanol–water partition coefficient (Wildman–Crippen LogP) is 3.06. The van der Waals surface area contributed by atoms with Gasteiger partial charge < -0.3 is 24.5 Å². The number of hydrogen-bond donors (Lipinski definition) is 1. The molecule has 0 radical (unpaired) electrons. The zero-order valence-electron chi connectivity index (χ0n) is 17.6. The first-order valence-corrected chi connectivity index (χ1v) is 9.64. The number of aromatic nitrogens is 3. The standard InChI is InChI=1S/C21H28N4O4/c1-6-28-11-16-24-17-18(14-9-7-8-10-15(14)23-19(17)22)25(16)12-21(3,4)29-20(26)13(2)27-5/h7-10,13H,6,11-12H2,1-5H3,(H2,22,23). The monoisotopic (exact) mass is 400 g/mol. The molecule has 0 aliphatic rings. The van der Waals surface area contributed by atoms with Crippen molar-refractivity contribution in [1.29, 1.82) is 0 Å². The predicted molar refractivity (Wildman–Crippen MR) is 111 cm³/mol. The summed E-state index contributed by atoms with van der Waals surface area (Å²) in [6.07, 6.45) is -0.641. The van der Waals surface area contributed by atoms with Crippen LogP contribution in [0, 0.1) is 0 Å². The van der Waals surface area contributed by atoms with Crippen LogP contribution in [0.3, 0.4) is 0 Å². The first-order valence-electron chi connectivity index (χ1n) is 9.64. The Morgan fingerprint density at radius 3 is 2.69 bits per heavy atom. The van der Waals surface area contributed by atoms with Crippen molar-refractivity contribution in [3.8, 4) is 0 Å². The van der Waals surface area contributed by atoms with Crippen molar-refractivity contribution in [2.24, 2.45) is 0 Å². The molecule has 29 heavy (non-hydrogen) atoms. The molecule has 1 unspecified atom stereocenters. The van der Waals surface area contributed by atoms with E-state index in [1.807, 2.05) is 49.6 Å². The van der Waals surface area contributed by atoms with E-state index in [-0.39, 0.29) is 0 Å². The molecule has 2 N–H and O–H groups in total. The molecule has 0 amide bonds. The van der Waals surface area contributed by atoms with Gasteiger partial charge in [0.05, 0.1) is 17.6 Å². The Balaban J connectivity index is 2.12. The maximum Gasteiger partial charge on any atom is 0.335 e. The number of hydrogen-bond acceptors (Lipinski definition) is 7. The highest BCUT2D eigenvalue weighted by atomic mass is 16.6. The van der Waals surface area contributed by atoms with Crippen LogP contribution in [0.15, 0.2) is 24.3 Å². The van der Waals surface area contributed by atoms with E-state index in [1.54, 1.807) is 6.92 Å². The molecule has 0 fully saturated rings. The minimum absolute atomic E-state index is 0.317. The number of ether oxygens (including phenoxy) is 3. The first kappa shape index (κ1) is 21.0. The number of methoxy groups -OCH3 is 1. The summed E-state index contributed by atoms with van der Waals surface area (Å²) in [5.74, 6) is 0.646. The van der Waals surface area contributed by atoms with Gasteiger partial charge in [-0.2, -0.15) is 0 Å². The van der Waals surface area contributed by atoms with Gasteiger partial charge >= 0.3 is 5.97 Å². The largest absolute Gasteiger partial charge is 0.456 e. The smallest absolute Gasteiger partial charge is 0.335 e. The molecule has 0 saturated heterocycles. The van der Waals surface area contributed by atoms with Crippen LogP contribution >= 0.6 is 0 Å². The Hall–Kier alpha value is -2.71. The molecule has 0 bridgehead atoms. The van der Waals surface area contributed by atoms with Crippen molar-refractivity contribution < 1.29 is 19.0 Å². The van der Waals surface area contributed by atoms with Gasteiger partial charge in [-0.15, -0.1) is 0 Å². The number of nitrogen functional groups attached to an aromatic ring is 1. The minimum atomic E-state index is -0.808. The molecule has 1 aromatic carbocycles. The number of pyridine rings is 1. The molecule has 0 aliphatic heterocycles. The summed E-state index contributed by atoms with van der Waals surface area (Å²) in [5, 5.41) is 0.930. The molecular weight excluding hydrogens is 372 g/mol. The highest BCUT2D eigenvalue weighted by Gasteiger charge is 2.29. The normalized spacial score (nSPS) is 13.1. The lowest BCUT2D eigenvalue weighted by Gasteiger charge is -2.28. The number of rotatable bonds is 8. The molecular formula is C21H28N4O4. The molecule has 0 spiro atoms. The highest BCUT2D eigenvalue weighted by molar-refractivity contribution is 6.06. The van der Waals surface area contributed by atoms with Crippen molar-refractivity contribution in [3.05, 3.63) is 30.1 Å². The molecule has 2 heterocycles. The summed E-state index contributed by atoms with van der Waals surface area (Å²) in [5.41, 5.74) is 7.65. The third kappa shape index (κ3) is 4.33. The van der Waals surface area contributed by atoms with Gasteiger partial charge in [0.2, 0.25) is 0 Å². The number of carbonyl (C=O) groups is 1. The number of imidazole rings is 1. The Morgan fingerprint density at radius 2 is 2.00 bits per heavy atom. The van der Waals surface area contributed by atoms with Crippen molar-refractivity contribution in [3.63, 3.8) is 0 Å². The summed E-state index contributed by atoms with van der Waals surface area (Å²) < 4.78 is 18.4. The van der Waals surface area contributed by atoms with Gasteiger partial charge in [0.25, 0.3) is 0 Å². The maximum absolute atomic E-state index is 12.3. The fraction of sp³-hybridized carbons (Fsp3) is 0.476. The van der Waals surface area contributed by atoms with Crippen LogP contribution in [-0.2, 0) is 32.2 Å². The number of para-hydroxylation sites is 1. The second-order valence-corrected chi connectivity index (χ2v) is 7.52. The number of anilines is 1. The third-order valence-corrected chi connectivity index (χ3v) is 4.73. The van der Waals surface area contributed by atoms with E-state index in [0.717, 1.165) is 16.4 Å². The lowest BCUT2D eigenvalue weighted by molar-refractivity contribution is -0.168. The minimum Gasteiger partial charge on any atom is -0.456 e. The molecule has 156 valence electrons. The van der Waals surface area contributed by atoms with E-state index in [2.05, 4.69) is 4.98 Å². The van der Waals surface area contributed by atoms with E-state index >= 15 is 0 Å². The Morgan fingerprint density at radius 1 is 1.28 bits per heavy atom. The van der Waals surface area contributed by atoms with Crippen molar-refractivity contribution in [2.75, 3.05) is 19.5 Å². The third-order valence-electron chi connectivity index (χ3n) is 4.73. The second kappa shape index (κ2) is 8.34. The second-order valence-electron chi connectivity index (χ2n) is 7.52. The van der Waals surface area contributed by atoms with E-state index in [1.165, 1.54) is 7.11 Å². The van der Waals surface area contributed by atoms with Crippen LogP contribution in [-0.4, -0.2) is 45.9 Å². The van der Waals surface area contributed by atoms with Crippen molar-refractivity contribution in [2.45, 2.75) is 52.6 Å². The zero-order valence-corrected chi connectivity index (χ0v) is 17.6. The van der Waals surface area contributed by atoms with Crippen LogP contribution in [0.25, 0.3) is 21.9 Å². The van der Waals surface area contributed by atoms with Crippen LogP contribution in [0.1, 0.15) is 33.5 Å². The van der Waals surface area contributed by atoms with Crippen LogP contribution in [0.5, 0.6) is 0 Å². The molecule has 0 saturated carbocycles. The number of esters is 1. The fourth-order valence-electron chi connectivity index (χ4n) is 3.24. The Labute approximate surface area is 170 Å². The first-order chi connectivity index (χ1) is 13.8. The number of fused-ring (bicyclic) bond motifs is 3. The van der Waals surface area contributed by atoms with E-state index in [0.29, 0.717) is 36.9 Å². The highest BCUT2D eigenvalue weighted by Crippen LogP contribution is 2.30.